The molecule has 1 aromatic carbocycles. The standard InChI is InChI=1S/C20H28N4O2/c1-13(2)12-24-15(4)18(14(3)23-24)10-19(25)22-11-16-6-8-17(9-7-16)20(26)21-5/h6-9,13H,10-12H2,1-5H3,(H,21,26)(H,22,25). The fraction of sp³-hybridized carbons (Fsp3) is 0.450. The van der Waals surface area contributed by atoms with Crippen LogP contribution < -0.4 is 10.6 Å². The Bertz CT molecular complexity index is 776. The molecule has 6 nitrogen and oxygen atoms in total. The summed E-state index contributed by atoms with van der Waals surface area (Å²) in [5, 5.41) is 10.1. The van der Waals surface area contributed by atoms with Crippen molar-refractivity contribution in [3.05, 3.63) is 52.3 Å². The minimum atomic E-state index is -0.120. The highest BCUT2D eigenvalue weighted by Gasteiger charge is 2.15. The van der Waals surface area contributed by atoms with Gasteiger partial charge in [-0.15, -0.1) is 0 Å². The summed E-state index contributed by atoms with van der Waals surface area (Å²) in [7, 11) is 1.60. The molecule has 0 unspecified atom stereocenters. The maximum atomic E-state index is 12.3. The van der Waals surface area contributed by atoms with Gasteiger partial charge in [0.1, 0.15) is 0 Å². The molecule has 2 amide bonds. The van der Waals surface area contributed by atoms with E-state index >= 15 is 0 Å². The fourth-order valence-electron chi connectivity index (χ4n) is 2.86. The van der Waals surface area contributed by atoms with E-state index < -0.39 is 0 Å². The van der Waals surface area contributed by atoms with Gasteiger partial charge in [0.15, 0.2) is 0 Å². The summed E-state index contributed by atoms with van der Waals surface area (Å²) >= 11 is 0. The molecule has 0 aliphatic rings. The number of carbonyl (C=O) groups is 2. The van der Waals surface area contributed by atoms with Crippen molar-refractivity contribution in [2.75, 3.05) is 7.05 Å². The van der Waals surface area contributed by atoms with Crippen molar-refractivity contribution >= 4 is 11.8 Å². The molecule has 2 rings (SSSR count). The fourth-order valence-corrected chi connectivity index (χ4v) is 2.86. The topological polar surface area (TPSA) is 76.0 Å². The molecule has 2 aromatic rings. The SMILES string of the molecule is CNC(=O)c1ccc(CNC(=O)Cc2c(C)nn(CC(C)C)c2C)cc1. The third kappa shape index (κ3) is 4.94. The van der Waals surface area contributed by atoms with Crippen LogP contribution in [0.1, 0.15) is 46.7 Å². The van der Waals surface area contributed by atoms with Gasteiger partial charge >= 0.3 is 0 Å². The lowest BCUT2D eigenvalue weighted by atomic mass is 10.1. The summed E-state index contributed by atoms with van der Waals surface area (Å²) in [5.41, 5.74) is 4.52. The van der Waals surface area contributed by atoms with Crippen LogP contribution >= 0.6 is 0 Å². The second-order valence-corrected chi connectivity index (χ2v) is 6.95. The lowest BCUT2D eigenvalue weighted by molar-refractivity contribution is -0.120. The van der Waals surface area contributed by atoms with Gasteiger partial charge in [0, 0.05) is 37.0 Å². The maximum absolute atomic E-state index is 12.3. The zero-order valence-corrected chi connectivity index (χ0v) is 16.2. The summed E-state index contributed by atoms with van der Waals surface area (Å²) in [6.45, 7) is 9.56. The largest absolute Gasteiger partial charge is 0.355 e. The number of amides is 2. The molecule has 0 fully saturated rings. The number of hydrogen-bond donors (Lipinski definition) is 2. The van der Waals surface area contributed by atoms with E-state index in [-0.39, 0.29) is 11.8 Å². The number of nitrogens with one attached hydrogen (secondary N) is 2. The molecule has 140 valence electrons. The Kier molecular flexibility index (Phi) is 6.55. The van der Waals surface area contributed by atoms with Crippen molar-refractivity contribution in [2.24, 2.45) is 5.92 Å². The molecule has 0 radical (unpaired) electrons. The molecule has 0 saturated carbocycles. The van der Waals surface area contributed by atoms with Gasteiger partial charge < -0.3 is 10.6 Å². The summed E-state index contributed by atoms with van der Waals surface area (Å²) in [6.07, 6.45) is 0.325. The third-order valence-corrected chi connectivity index (χ3v) is 4.34. The first-order valence-electron chi connectivity index (χ1n) is 8.92. The van der Waals surface area contributed by atoms with Gasteiger partial charge in [-0.1, -0.05) is 26.0 Å². The van der Waals surface area contributed by atoms with Crippen LogP contribution in [-0.2, 0) is 24.3 Å². The van der Waals surface area contributed by atoms with Gasteiger partial charge in [0.05, 0.1) is 12.1 Å². The van der Waals surface area contributed by atoms with E-state index in [9.17, 15) is 9.59 Å². The number of rotatable bonds is 7. The number of carbonyl (C=O) groups excluding carboxylic acids is 2. The van der Waals surface area contributed by atoms with Crippen molar-refractivity contribution in [1.82, 2.24) is 20.4 Å². The van der Waals surface area contributed by atoms with E-state index in [1.165, 1.54) is 0 Å². The third-order valence-electron chi connectivity index (χ3n) is 4.34. The Labute approximate surface area is 155 Å². The highest BCUT2D eigenvalue weighted by molar-refractivity contribution is 5.93. The van der Waals surface area contributed by atoms with Gasteiger partial charge in [-0.2, -0.15) is 5.10 Å². The molecule has 6 heteroatoms. The summed E-state index contributed by atoms with van der Waals surface area (Å²) in [6, 6.07) is 7.21. The molecule has 0 bridgehead atoms. The van der Waals surface area contributed by atoms with Crippen molar-refractivity contribution in [3.63, 3.8) is 0 Å². The minimum absolute atomic E-state index is 0.0318. The molecule has 2 N–H and O–H groups in total. The van der Waals surface area contributed by atoms with Gasteiger partial charge in [-0.3, -0.25) is 14.3 Å². The van der Waals surface area contributed by atoms with Crippen molar-refractivity contribution < 1.29 is 9.59 Å². The normalized spacial score (nSPS) is 10.8. The van der Waals surface area contributed by atoms with Gasteiger partial charge in [-0.05, 0) is 37.5 Å². The number of hydrogen-bond acceptors (Lipinski definition) is 3. The Morgan fingerprint density at radius 3 is 2.38 bits per heavy atom. The first-order valence-corrected chi connectivity index (χ1v) is 8.92. The highest BCUT2D eigenvalue weighted by Crippen LogP contribution is 2.15. The van der Waals surface area contributed by atoms with E-state index in [0.717, 1.165) is 29.1 Å². The molecule has 0 atom stereocenters. The first kappa shape index (κ1) is 19.7. The van der Waals surface area contributed by atoms with Crippen LogP contribution in [0.4, 0.5) is 0 Å². The number of aryl methyl sites for hydroxylation is 1. The smallest absolute Gasteiger partial charge is 0.251 e. The van der Waals surface area contributed by atoms with Gasteiger partial charge in [0.2, 0.25) is 5.91 Å². The molecule has 0 aliphatic carbocycles. The van der Waals surface area contributed by atoms with E-state index in [4.69, 9.17) is 0 Å². The van der Waals surface area contributed by atoms with Crippen molar-refractivity contribution in [2.45, 2.75) is 47.2 Å². The van der Waals surface area contributed by atoms with Crippen LogP contribution in [0.3, 0.4) is 0 Å². The molecule has 1 aromatic heterocycles. The second kappa shape index (κ2) is 8.65. The molecule has 1 heterocycles. The average Bonchev–Trinajstić information content (AvgIpc) is 2.86. The number of nitrogens with zero attached hydrogens (tertiary/aromatic N) is 2. The van der Waals surface area contributed by atoms with E-state index in [1.54, 1.807) is 19.2 Å². The first-order chi connectivity index (χ1) is 12.3. The Hall–Kier alpha value is -2.63. The van der Waals surface area contributed by atoms with Crippen LogP contribution in [0.15, 0.2) is 24.3 Å². The Morgan fingerprint density at radius 1 is 1.15 bits per heavy atom. The molecule has 0 spiro atoms. The van der Waals surface area contributed by atoms with E-state index in [2.05, 4.69) is 29.6 Å². The quantitative estimate of drug-likeness (QED) is 0.800. The summed E-state index contributed by atoms with van der Waals surface area (Å²) in [4.78, 5) is 23.9. The number of aromatic nitrogens is 2. The molecule has 0 saturated heterocycles. The van der Waals surface area contributed by atoms with Crippen LogP contribution in [0, 0.1) is 19.8 Å². The van der Waals surface area contributed by atoms with Crippen LogP contribution in [-0.4, -0.2) is 28.6 Å². The molecular formula is C20H28N4O2. The summed E-state index contributed by atoms with van der Waals surface area (Å²) < 4.78 is 1.99. The predicted octanol–water partition coefficient (Wildman–Crippen LogP) is 2.37. The van der Waals surface area contributed by atoms with Crippen molar-refractivity contribution in [3.8, 4) is 0 Å². The molecule has 0 aliphatic heterocycles. The lowest BCUT2D eigenvalue weighted by Crippen LogP contribution is -2.25. The molecule has 26 heavy (non-hydrogen) atoms. The zero-order valence-electron chi connectivity index (χ0n) is 16.2. The van der Waals surface area contributed by atoms with Gasteiger partial charge in [-0.25, -0.2) is 0 Å². The zero-order chi connectivity index (χ0) is 19.3. The van der Waals surface area contributed by atoms with Crippen LogP contribution in [0.5, 0.6) is 0 Å². The van der Waals surface area contributed by atoms with Gasteiger partial charge in [0.25, 0.3) is 5.91 Å². The maximum Gasteiger partial charge on any atom is 0.251 e. The highest BCUT2D eigenvalue weighted by atomic mass is 16.2. The number of benzene rings is 1. The van der Waals surface area contributed by atoms with Crippen molar-refractivity contribution in [1.29, 1.82) is 0 Å². The lowest BCUT2D eigenvalue weighted by Gasteiger charge is -2.09. The summed E-state index contributed by atoms with van der Waals surface area (Å²) in [5.74, 6) is 0.355. The minimum Gasteiger partial charge on any atom is -0.355 e. The van der Waals surface area contributed by atoms with Crippen LogP contribution in [0.25, 0.3) is 0 Å². The Morgan fingerprint density at radius 2 is 1.81 bits per heavy atom. The van der Waals surface area contributed by atoms with Crippen LogP contribution in [0.2, 0.25) is 0 Å². The average molecular weight is 356 g/mol. The second-order valence-electron chi connectivity index (χ2n) is 6.95. The van der Waals surface area contributed by atoms with E-state index in [1.807, 2.05) is 30.7 Å². The predicted molar refractivity (Wildman–Crippen MR) is 102 cm³/mol. The monoisotopic (exact) mass is 356 g/mol. The molecular weight excluding hydrogens is 328 g/mol. The Balaban J connectivity index is 1.95. The van der Waals surface area contributed by atoms with E-state index in [0.29, 0.717) is 24.4 Å².